The number of aliphatic hydroxyl groups excluding tert-OH is 1. The van der Waals surface area contributed by atoms with Crippen molar-refractivity contribution in [3.63, 3.8) is 0 Å². The zero-order chi connectivity index (χ0) is 13.2. The Labute approximate surface area is 126 Å². The van der Waals surface area contributed by atoms with Crippen LogP contribution in [0.1, 0.15) is 34.8 Å². The Morgan fingerprint density at radius 1 is 1.32 bits per heavy atom. The van der Waals surface area contributed by atoms with Gasteiger partial charge >= 0.3 is 0 Å². The van der Waals surface area contributed by atoms with Gasteiger partial charge in [-0.05, 0) is 57.8 Å². The number of hydrogen-bond acceptors (Lipinski definition) is 2. The summed E-state index contributed by atoms with van der Waals surface area (Å²) < 4.78 is 1.13. The zero-order valence-electron chi connectivity index (χ0n) is 10.7. The fourth-order valence-electron chi connectivity index (χ4n) is 2.99. The van der Waals surface area contributed by atoms with Gasteiger partial charge in [0.05, 0.1) is 6.10 Å². The van der Waals surface area contributed by atoms with Gasteiger partial charge in [-0.1, -0.05) is 24.3 Å². The van der Waals surface area contributed by atoms with Crippen LogP contribution < -0.4 is 0 Å². The van der Waals surface area contributed by atoms with Crippen molar-refractivity contribution in [1.29, 1.82) is 0 Å². The Kier molecular flexibility index (Phi) is 4.06. The third kappa shape index (κ3) is 2.78. The van der Waals surface area contributed by atoms with Gasteiger partial charge in [0, 0.05) is 21.7 Å². The molecule has 2 unspecified atom stereocenters. The molecule has 1 aliphatic rings. The molecule has 3 rings (SSSR count). The lowest BCUT2D eigenvalue weighted by Gasteiger charge is -2.29. The van der Waals surface area contributed by atoms with Crippen molar-refractivity contribution in [2.45, 2.75) is 37.7 Å². The molecule has 1 aromatic heterocycles. The number of rotatable bonds is 3. The summed E-state index contributed by atoms with van der Waals surface area (Å²) in [4.78, 5) is 1.25. The van der Waals surface area contributed by atoms with E-state index in [1.54, 1.807) is 11.3 Å². The fraction of sp³-hybridized carbons (Fsp3) is 0.375. The Morgan fingerprint density at radius 3 is 2.95 bits per heavy atom. The Bertz CT molecular complexity index is 563. The van der Waals surface area contributed by atoms with Crippen molar-refractivity contribution in [1.82, 2.24) is 0 Å². The van der Waals surface area contributed by atoms with Crippen molar-refractivity contribution in [2.24, 2.45) is 0 Å². The molecule has 0 saturated carbocycles. The number of halogens is 1. The third-order valence-electron chi connectivity index (χ3n) is 3.97. The topological polar surface area (TPSA) is 20.2 Å². The fourth-order valence-corrected chi connectivity index (χ4v) is 4.56. The number of benzene rings is 1. The third-order valence-corrected chi connectivity index (χ3v) is 5.91. The number of fused-ring (bicyclic) bond motifs is 1. The normalized spacial score (nSPS) is 20.0. The molecule has 1 aromatic carbocycles. The van der Waals surface area contributed by atoms with Crippen molar-refractivity contribution >= 4 is 27.3 Å². The number of thiophene rings is 1. The minimum absolute atomic E-state index is 0.281. The van der Waals surface area contributed by atoms with E-state index in [0.29, 0.717) is 5.92 Å². The van der Waals surface area contributed by atoms with Gasteiger partial charge in [-0.2, -0.15) is 0 Å². The van der Waals surface area contributed by atoms with Crippen molar-refractivity contribution in [3.8, 4) is 0 Å². The van der Waals surface area contributed by atoms with Crippen LogP contribution in [0.25, 0.3) is 0 Å². The van der Waals surface area contributed by atoms with Crippen molar-refractivity contribution in [2.75, 3.05) is 0 Å². The van der Waals surface area contributed by atoms with Crippen molar-refractivity contribution < 1.29 is 5.11 Å². The molecule has 1 nitrogen and oxygen atoms in total. The van der Waals surface area contributed by atoms with Gasteiger partial charge in [0.2, 0.25) is 0 Å². The van der Waals surface area contributed by atoms with Crippen LogP contribution in [0.5, 0.6) is 0 Å². The summed E-state index contributed by atoms with van der Waals surface area (Å²) in [6.45, 7) is 0. The highest BCUT2D eigenvalue weighted by Gasteiger charge is 2.27. The average molecular weight is 337 g/mol. The summed E-state index contributed by atoms with van der Waals surface area (Å²) in [5, 5.41) is 12.7. The maximum atomic E-state index is 10.6. The first-order chi connectivity index (χ1) is 9.25. The lowest BCUT2D eigenvalue weighted by atomic mass is 9.79. The molecule has 0 bridgehead atoms. The van der Waals surface area contributed by atoms with Gasteiger partial charge < -0.3 is 5.11 Å². The summed E-state index contributed by atoms with van der Waals surface area (Å²) in [5.74, 6) is 0.291. The molecule has 1 N–H and O–H groups in total. The van der Waals surface area contributed by atoms with Gasteiger partial charge in [-0.15, -0.1) is 11.3 Å². The van der Waals surface area contributed by atoms with E-state index in [1.165, 1.54) is 22.4 Å². The van der Waals surface area contributed by atoms with Crippen LogP contribution in [0.3, 0.4) is 0 Å². The molecule has 1 heterocycles. The zero-order valence-corrected chi connectivity index (χ0v) is 13.1. The highest BCUT2D eigenvalue weighted by atomic mass is 79.9. The maximum absolute atomic E-state index is 10.6. The summed E-state index contributed by atoms with van der Waals surface area (Å²) in [7, 11) is 0. The summed E-state index contributed by atoms with van der Waals surface area (Å²) in [5.41, 5.74) is 2.77. The van der Waals surface area contributed by atoms with E-state index < -0.39 is 0 Å². The molecule has 0 aliphatic heterocycles. The molecule has 0 fully saturated rings. The van der Waals surface area contributed by atoms with Crippen LogP contribution in [0, 0.1) is 0 Å². The average Bonchev–Trinajstić information content (AvgIpc) is 2.83. The van der Waals surface area contributed by atoms with Gasteiger partial charge in [0.15, 0.2) is 0 Å². The minimum atomic E-state index is -0.281. The molecule has 2 aromatic rings. The highest BCUT2D eigenvalue weighted by Crippen LogP contribution is 2.36. The second-order valence-corrected chi connectivity index (χ2v) is 7.02. The Balaban J connectivity index is 1.81. The van der Waals surface area contributed by atoms with E-state index in [9.17, 15) is 5.11 Å². The first kappa shape index (κ1) is 13.3. The first-order valence-corrected chi connectivity index (χ1v) is 8.40. The number of aryl methyl sites for hydroxylation is 1. The van der Waals surface area contributed by atoms with E-state index in [2.05, 4.69) is 51.6 Å². The van der Waals surface area contributed by atoms with Crippen LogP contribution in [-0.4, -0.2) is 11.2 Å². The van der Waals surface area contributed by atoms with Gasteiger partial charge in [0.25, 0.3) is 0 Å². The van der Waals surface area contributed by atoms with Gasteiger partial charge in [0.1, 0.15) is 0 Å². The summed E-state index contributed by atoms with van der Waals surface area (Å²) in [6, 6.07) is 10.6. The predicted octanol–water partition coefficient (Wildman–Crippen LogP) is 4.53. The van der Waals surface area contributed by atoms with Crippen LogP contribution in [0.2, 0.25) is 0 Å². The van der Waals surface area contributed by atoms with Gasteiger partial charge in [-0.3, -0.25) is 0 Å². The highest BCUT2D eigenvalue weighted by molar-refractivity contribution is 9.10. The minimum Gasteiger partial charge on any atom is -0.392 e. The van der Waals surface area contributed by atoms with Crippen LogP contribution in [-0.2, 0) is 12.8 Å². The maximum Gasteiger partial charge on any atom is 0.0657 e. The number of hydrogen-bond donors (Lipinski definition) is 1. The molecule has 0 saturated heterocycles. The standard InChI is InChI=1S/C16H17BrOS/c17-14-8-9-19-16(14)10-15(18)13-7-3-5-11-4-1-2-6-12(11)13/h1-2,4,6,8-9,13,15,18H,3,5,7,10H2. The molecule has 2 atom stereocenters. The van der Waals surface area contributed by atoms with Crippen LogP contribution in [0.15, 0.2) is 40.2 Å². The molecule has 0 radical (unpaired) electrons. The molecule has 19 heavy (non-hydrogen) atoms. The molecule has 3 heteroatoms. The smallest absolute Gasteiger partial charge is 0.0657 e. The van der Waals surface area contributed by atoms with E-state index in [-0.39, 0.29) is 6.10 Å². The molecule has 1 aliphatic carbocycles. The predicted molar refractivity (Wildman–Crippen MR) is 83.9 cm³/mol. The molecular weight excluding hydrogens is 320 g/mol. The molecule has 0 amide bonds. The lowest BCUT2D eigenvalue weighted by molar-refractivity contribution is 0.135. The van der Waals surface area contributed by atoms with Crippen LogP contribution >= 0.6 is 27.3 Å². The molecular formula is C16H17BrOS. The monoisotopic (exact) mass is 336 g/mol. The van der Waals surface area contributed by atoms with E-state index >= 15 is 0 Å². The lowest BCUT2D eigenvalue weighted by Crippen LogP contribution is -2.24. The molecule has 100 valence electrons. The second kappa shape index (κ2) is 5.78. The Hall–Kier alpha value is -0.640. The van der Waals surface area contributed by atoms with Crippen LogP contribution in [0.4, 0.5) is 0 Å². The summed E-state index contributed by atoms with van der Waals surface area (Å²) >= 11 is 5.27. The SMILES string of the molecule is OC(Cc1sccc1Br)C1CCCc2ccccc21. The summed E-state index contributed by atoms with van der Waals surface area (Å²) in [6.07, 6.45) is 3.90. The van der Waals surface area contributed by atoms with E-state index in [0.717, 1.165) is 23.7 Å². The second-order valence-electron chi connectivity index (χ2n) is 5.16. The van der Waals surface area contributed by atoms with E-state index in [1.807, 2.05) is 0 Å². The van der Waals surface area contributed by atoms with E-state index in [4.69, 9.17) is 0 Å². The first-order valence-electron chi connectivity index (χ1n) is 6.73. The molecule has 0 spiro atoms. The number of aliphatic hydroxyl groups is 1. The van der Waals surface area contributed by atoms with Crippen molar-refractivity contribution in [3.05, 3.63) is 56.2 Å². The quantitative estimate of drug-likeness (QED) is 0.872. The largest absolute Gasteiger partial charge is 0.392 e. The van der Waals surface area contributed by atoms with Gasteiger partial charge in [-0.25, -0.2) is 0 Å². The Morgan fingerprint density at radius 2 is 2.16 bits per heavy atom.